The van der Waals surface area contributed by atoms with Gasteiger partial charge in [0.15, 0.2) is 0 Å². The van der Waals surface area contributed by atoms with Crippen LogP contribution in [0.15, 0.2) is 0 Å². The normalized spacial score (nSPS) is 23.2. The van der Waals surface area contributed by atoms with Gasteiger partial charge in [-0.2, -0.15) is 0 Å². The topological polar surface area (TPSA) is 24.9 Å². The van der Waals surface area contributed by atoms with Crippen molar-refractivity contribution in [3.8, 4) is 0 Å². The van der Waals surface area contributed by atoms with Gasteiger partial charge in [0.05, 0.1) is 6.61 Å². The molecule has 1 aliphatic heterocycles. The Hall–Kier alpha value is 0.0569. The average Bonchev–Trinajstić information content (AvgIpc) is 2.31. The highest BCUT2D eigenvalue weighted by Gasteiger charge is 2.21. The van der Waals surface area contributed by atoms with Crippen molar-refractivity contribution in [2.45, 2.75) is 25.3 Å². The van der Waals surface area contributed by atoms with Crippen molar-refractivity contribution in [2.75, 3.05) is 46.9 Å². The van der Waals surface area contributed by atoms with Gasteiger partial charge < -0.3 is 14.4 Å². The van der Waals surface area contributed by atoms with E-state index in [4.69, 9.17) is 9.47 Å². The Morgan fingerprint density at radius 1 is 1.25 bits per heavy atom. The van der Waals surface area contributed by atoms with Crippen molar-refractivity contribution in [3.63, 3.8) is 0 Å². The SMILES string of the molecule is CCC(COC([Si])OC)N1CCN(C)CC1. The Kier molecular flexibility index (Phi) is 6.53. The molecule has 0 N–H and O–H groups in total. The van der Waals surface area contributed by atoms with Gasteiger partial charge in [-0.25, -0.2) is 0 Å². The van der Waals surface area contributed by atoms with Gasteiger partial charge in [0, 0.05) is 39.3 Å². The third-order valence-electron chi connectivity index (χ3n) is 3.18. The van der Waals surface area contributed by atoms with Crippen LogP contribution in [0.3, 0.4) is 0 Å². The molecule has 1 rings (SSSR count). The van der Waals surface area contributed by atoms with E-state index in [-0.39, 0.29) is 5.91 Å². The van der Waals surface area contributed by atoms with Gasteiger partial charge >= 0.3 is 0 Å². The van der Waals surface area contributed by atoms with Crippen molar-refractivity contribution in [2.24, 2.45) is 0 Å². The first kappa shape index (κ1) is 14.1. The van der Waals surface area contributed by atoms with Gasteiger partial charge in [-0.1, -0.05) is 6.92 Å². The third-order valence-corrected chi connectivity index (χ3v) is 3.58. The monoisotopic (exact) mass is 243 g/mol. The number of hydrogen-bond donors (Lipinski definition) is 0. The summed E-state index contributed by atoms with van der Waals surface area (Å²) in [4.78, 5) is 4.88. The summed E-state index contributed by atoms with van der Waals surface area (Å²) in [5.74, 6) is -0.290. The highest BCUT2D eigenvalue weighted by molar-refractivity contribution is 6.09. The predicted octanol–water partition coefficient (Wildman–Crippen LogP) is 0.128. The van der Waals surface area contributed by atoms with Crippen LogP contribution < -0.4 is 0 Å². The molecule has 2 unspecified atom stereocenters. The van der Waals surface area contributed by atoms with Crippen molar-refractivity contribution in [1.29, 1.82) is 0 Å². The van der Waals surface area contributed by atoms with Crippen LogP contribution in [0.1, 0.15) is 13.3 Å². The summed E-state index contributed by atoms with van der Waals surface area (Å²) < 4.78 is 10.6. The molecule has 1 aliphatic rings. The summed E-state index contributed by atoms with van der Waals surface area (Å²) in [6, 6.07) is 0.503. The summed E-state index contributed by atoms with van der Waals surface area (Å²) in [7, 11) is 7.16. The quantitative estimate of drug-likeness (QED) is 0.489. The van der Waals surface area contributed by atoms with Gasteiger partial charge in [-0.3, -0.25) is 4.90 Å². The molecule has 0 aromatic rings. The molecule has 0 aromatic heterocycles. The molecule has 0 bridgehead atoms. The lowest BCUT2D eigenvalue weighted by atomic mass is 10.2. The van der Waals surface area contributed by atoms with Crippen LogP contribution in [0.4, 0.5) is 0 Å². The average molecular weight is 243 g/mol. The second kappa shape index (κ2) is 7.40. The molecule has 16 heavy (non-hydrogen) atoms. The fourth-order valence-corrected chi connectivity index (χ4v) is 2.03. The number of likely N-dealkylation sites (N-methyl/N-ethyl adjacent to an activating group) is 1. The highest BCUT2D eigenvalue weighted by atomic mass is 28.1. The molecule has 2 atom stereocenters. The molecule has 5 heteroatoms. The smallest absolute Gasteiger partial charge is 0.133 e. The van der Waals surface area contributed by atoms with Crippen LogP contribution in [0.5, 0.6) is 0 Å². The van der Waals surface area contributed by atoms with Crippen molar-refractivity contribution < 1.29 is 9.47 Å². The summed E-state index contributed by atoms with van der Waals surface area (Å²) in [5.41, 5.74) is 0. The van der Waals surface area contributed by atoms with Crippen molar-refractivity contribution in [3.05, 3.63) is 0 Å². The van der Waals surface area contributed by atoms with E-state index in [1.165, 1.54) is 0 Å². The van der Waals surface area contributed by atoms with Gasteiger partial charge in [0.2, 0.25) is 0 Å². The van der Waals surface area contributed by atoms with E-state index in [9.17, 15) is 0 Å². The van der Waals surface area contributed by atoms with Gasteiger partial charge in [0.25, 0.3) is 0 Å². The molecule has 0 amide bonds. The molecule has 0 spiro atoms. The van der Waals surface area contributed by atoms with Crippen LogP contribution in [-0.4, -0.2) is 78.9 Å². The first-order chi connectivity index (χ1) is 7.67. The summed E-state index contributed by atoms with van der Waals surface area (Å²) in [6.45, 7) is 7.51. The maximum Gasteiger partial charge on any atom is 0.133 e. The zero-order valence-electron chi connectivity index (χ0n) is 10.6. The molecule has 1 saturated heterocycles. The Labute approximate surface area is 102 Å². The number of hydrogen-bond acceptors (Lipinski definition) is 4. The lowest BCUT2D eigenvalue weighted by molar-refractivity contribution is -0.0865. The minimum Gasteiger partial charge on any atom is -0.361 e. The van der Waals surface area contributed by atoms with Crippen LogP contribution >= 0.6 is 0 Å². The van der Waals surface area contributed by atoms with E-state index in [0.29, 0.717) is 6.04 Å². The van der Waals surface area contributed by atoms with E-state index in [1.54, 1.807) is 7.11 Å². The van der Waals surface area contributed by atoms with Crippen molar-refractivity contribution >= 4 is 10.2 Å². The minimum atomic E-state index is -0.290. The van der Waals surface area contributed by atoms with Crippen LogP contribution in [-0.2, 0) is 9.47 Å². The lowest BCUT2D eigenvalue weighted by Crippen LogP contribution is -2.50. The molecular formula is C11H23N2O2Si. The number of ether oxygens (including phenoxy) is 2. The number of piperazine rings is 1. The highest BCUT2D eigenvalue weighted by Crippen LogP contribution is 2.09. The molecule has 0 aliphatic carbocycles. The Morgan fingerprint density at radius 3 is 2.38 bits per heavy atom. The molecule has 0 saturated carbocycles. The third kappa shape index (κ3) is 4.51. The first-order valence-corrected chi connectivity index (χ1v) is 6.53. The number of rotatable bonds is 6. The van der Waals surface area contributed by atoms with E-state index < -0.39 is 0 Å². The van der Waals surface area contributed by atoms with Crippen LogP contribution in [0.2, 0.25) is 0 Å². The molecule has 1 fully saturated rings. The van der Waals surface area contributed by atoms with Crippen LogP contribution in [0, 0.1) is 0 Å². The largest absolute Gasteiger partial charge is 0.361 e. The van der Waals surface area contributed by atoms with Crippen molar-refractivity contribution in [1.82, 2.24) is 9.80 Å². The molecular weight excluding hydrogens is 220 g/mol. The molecule has 3 radical (unpaired) electrons. The second-order valence-electron chi connectivity index (χ2n) is 4.30. The van der Waals surface area contributed by atoms with E-state index in [0.717, 1.165) is 39.2 Å². The molecule has 4 nitrogen and oxygen atoms in total. The van der Waals surface area contributed by atoms with Gasteiger partial charge in [-0.05, 0) is 13.5 Å². The maximum absolute atomic E-state index is 5.56. The fourth-order valence-electron chi connectivity index (χ4n) is 1.94. The zero-order valence-corrected chi connectivity index (χ0v) is 11.6. The second-order valence-corrected chi connectivity index (χ2v) is 4.77. The molecule has 93 valence electrons. The van der Waals surface area contributed by atoms with E-state index in [2.05, 4.69) is 34.0 Å². The van der Waals surface area contributed by atoms with Gasteiger partial charge in [-0.15, -0.1) is 0 Å². The summed E-state index contributed by atoms with van der Waals surface area (Å²) in [5, 5.41) is 0. The fraction of sp³-hybridized carbons (Fsp3) is 1.00. The summed E-state index contributed by atoms with van der Waals surface area (Å²) in [6.07, 6.45) is 1.12. The molecule has 1 heterocycles. The number of nitrogens with zero attached hydrogens (tertiary/aromatic N) is 2. The standard InChI is InChI=1S/C11H23N2O2Si/c1-4-10(9-15-11(16)14-3)13-7-5-12(2)6-8-13/h10-11H,4-9H2,1-3H3. The van der Waals surface area contributed by atoms with Gasteiger partial charge in [0.1, 0.15) is 16.2 Å². The van der Waals surface area contributed by atoms with E-state index in [1.807, 2.05) is 0 Å². The van der Waals surface area contributed by atoms with Crippen LogP contribution in [0.25, 0.3) is 0 Å². The first-order valence-electron chi connectivity index (χ1n) is 5.95. The maximum atomic E-state index is 5.56. The number of methoxy groups -OCH3 is 1. The Balaban J connectivity index is 2.30. The Morgan fingerprint density at radius 2 is 1.88 bits per heavy atom. The predicted molar refractivity (Wildman–Crippen MR) is 65.7 cm³/mol. The zero-order chi connectivity index (χ0) is 12.0. The summed E-state index contributed by atoms with van der Waals surface area (Å²) >= 11 is 0. The molecule has 0 aromatic carbocycles. The minimum absolute atomic E-state index is 0.290. The van der Waals surface area contributed by atoms with E-state index >= 15 is 0 Å². The Bertz CT molecular complexity index is 187. The lowest BCUT2D eigenvalue weighted by Gasteiger charge is -2.37.